The van der Waals surface area contributed by atoms with E-state index in [-0.39, 0.29) is 11.1 Å². The Morgan fingerprint density at radius 3 is 2.38 bits per heavy atom. The van der Waals surface area contributed by atoms with Crippen molar-refractivity contribution >= 4 is 22.3 Å². The van der Waals surface area contributed by atoms with Gasteiger partial charge in [-0.15, -0.1) is 0 Å². The Morgan fingerprint density at radius 2 is 1.71 bits per heavy atom. The number of rotatable bonds is 2. The van der Waals surface area contributed by atoms with Gasteiger partial charge in [0.25, 0.3) is 0 Å². The maximum atomic E-state index is 14.4. The predicted octanol–water partition coefficient (Wildman–Crippen LogP) is 4.11. The van der Waals surface area contributed by atoms with Crippen LogP contribution in [0.25, 0.3) is 22.0 Å². The van der Waals surface area contributed by atoms with Crippen molar-refractivity contribution in [3.05, 3.63) is 53.7 Å². The summed E-state index contributed by atoms with van der Waals surface area (Å²) in [7, 11) is 3.47. The van der Waals surface area contributed by atoms with Crippen LogP contribution in [0.15, 0.2) is 30.5 Å². The highest BCUT2D eigenvalue weighted by atomic mass is 19.2. The average Bonchev–Trinajstić information content (AvgIpc) is 2.50. The van der Waals surface area contributed by atoms with Gasteiger partial charge in [-0.3, -0.25) is 4.98 Å². The van der Waals surface area contributed by atoms with Gasteiger partial charge in [-0.1, -0.05) is 0 Å². The molecule has 3 aromatic rings. The van der Waals surface area contributed by atoms with E-state index in [9.17, 15) is 17.6 Å². The van der Waals surface area contributed by atoms with Gasteiger partial charge in [0.05, 0.1) is 23.1 Å². The van der Waals surface area contributed by atoms with Gasteiger partial charge in [-0.25, -0.2) is 17.6 Å². The molecule has 0 saturated carbocycles. The molecule has 1 aromatic heterocycles. The summed E-state index contributed by atoms with van der Waals surface area (Å²) < 4.78 is 55.6. The first-order valence-electron chi connectivity index (χ1n) is 7.00. The van der Waals surface area contributed by atoms with E-state index in [4.69, 9.17) is 5.73 Å². The van der Waals surface area contributed by atoms with Crippen molar-refractivity contribution in [3.8, 4) is 11.1 Å². The zero-order chi connectivity index (χ0) is 17.6. The van der Waals surface area contributed by atoms with Crippen molar-refractivity contribution in [2.45, 2.75) is 0 Å². The number of anilines is 2. The van der Waals surface area contributed by atoms with E-state index in [0.29, 0.717) is 22.8 Å². The Balaban J connectivity index is 2.46. The molecule has 0 amide bonds. The molecule has 24 heavy (non-hydrogen) atoms. The second-order valence-electron chi connectivity index (χ2n) is 5.52. The second-order valence-corrected chi connectivity index (χ2v) is 5.52. The van der Waals surface area contributed by atoms with Crippen LogP contribution in [0.1, 0.15) is 0 Å². The lowest BCUT2D eigenvalue weighted by molar-refractivity contribution is 0.497. The van der Waals surface area contributed by atoms with Crippen LogP contribution in [-0.4, -0.2) is 19.1 Å². The summed E-state index contributed by atoms with van der Waals surface area (Å²) in [5.41, 5.74) is 6.02. The van der Waals surface area contributed by atoms with Crippen molar-refractivity contribution < 1.29 is 17.6 Å². The van der Waals surface area contributed by atoms with Crippen molar-refractivity contribution in [2.75, 3.05) is 24.7 Å². The minimum absolute atomic E-state index is 0.0665. The van der Waals surface area contributed by atoms with E-state index in [1.807, 2.05) is 0 Å². The zero-order valence-electron chi connectivity index (χ0n) is 12.9. The minimum Gasteiger partial charge on any atom is -0.396 e. The standard InChI is InChI=1S/C17H13F4N3/c1-24(2)17-9-3-4-11(19)14(16(9)23-7-13(17)22)10-5-8(18)6-12(20)15(10)21/h3-7H,22H2,1-2H3. The summed E-state index contributed by atoms with van der Waals surface area (Å²) in [4.78, 5) is 5.76. The molecule has 0 bridgehead atoms. The first-order valence-corrected chi connectivity index (χ1v) is 7.00. The van der Waals surface area contributed by atoms with E-state index < -0.39 is 28.8 Å². The van der Waals surface area contributed by atoms with Gasteiger partial charge in [-0.05, 0) is 18.2 Å². The maximum absolute atomic E-state index is 14.4. The number of nitrogens with two attached hydrogens (primary N) is 1. The molecule has 3 nitrogen and oxygen atoms in total. The van der Waals surface area contributed by atoms with Crippen LogP contribution in [0.3, 0.4) is 0 Å². The summed E-state index contributed by atoms with van der Waals surface area (Å²) in [6.07, 6.45) is 1.30. The Kier molecular flexibility index (Phi) is 3.79. The molecule has 1 heterocycles. The number of benzene rings is 2. The molecule has 0 aliphatic rings. The molecule has 124 valence electrons. The lowest BCUT2D eigenvalue weighted by atomic mass is 9.99. The fraction of sp³-hybridized carbons (Fsp3) is 0.118. The number of nitrogen functional groups attached to an aromatic ring is 1. The molecule has 0 saturated heterocycles. The Bertz CT molecular complexity index is 954. The van der Waals surface area contributed by atoms with Gasteiger partial charge in [-0.2, -0.15) is 0 Å². The first kappa shape index (κ1) is 16.0. The summed E-state index contributed by atoms with van der Waals surface area (Å²) in [6, 6.07) is 3.68. The zero-order valence-corrected chi connectivity index (χ0v) is 12.9. The highest BCUT2D eigenvalue weighted by molar-refractivity contribution is 6.04. The molecule has 0 spiro atoms. The molecule has 0 radical (unpaired) electrons. The van der Waals surface area contributed by atoms with Crippen LogP contribution < -0.4 is 10.6 Å². The number of hydrogen-bond acceptors (Lipinski definition) is 3. The molecule has 7 heteroatoms. The average molecular weight is 335 g/mol. The SMILES string of the molecule is CN(C)c1c(N)cnc2c(-c3cc(F)cc(F)c3F)c(F)ccc12. The fourth-order valence-corrected chi connectivity index (χ4v) is 2.74. The summed E-state index contributed by atoms with van der Waals surface area (Å²) >= 11 is 0. The Labute approximate surface area is 135 Å². The van der Waals surface area contributed by atoms with Crippen LogP contribution >= 0.6 is 0 Å². The lowest BCUT2D eigenvalue weighted by Crippen LogP contribution is -2.12. The number of aromatic nitrogens is 1. The van der Waals surface area contributed by atoms with Crippen LogP contribution in [-0.2, 0) is 0 Å². The minimum atomic E-state index is -1.40. The van der Waals surface area contributed by atoms with E-state index >= 15 is 0 Å². The second kappa shape index (κ2) is 5.67. The monoisotopic (exact) mass is 335 g/mol. The van der Waals surface area contributed by atoms with Gasteiger partial charge in [0.1, 0.15) is 11.6 Å². The molecule has 2 aromatic carbocycles. The quantitative estimate of drug-likeness (QED) is 0.566. The topological polar surface area (TPSA) is 42.1 Å². The van der Waals surface area contributed by atoms with Crippen molar-refractivity contribution in [3.63, 3.8) is 0 Å². The summed E-state index contributed by atoms with van der Waals surface area (Å²) in [5.74, 6) is -4.59. The van der Waals surface area contributed by atoms with E-state index in [1.54, 1.807) is 19.0 Å². The van der Waals surface area contributed by atoms with Gasteiger partial charge >= 0.3 is 0 Å². The van der Waals surface area contributed by atoms with Crippen molar-refractivity contribution in [2.24, 2.45) is 0 Å². The molecule has 3 rings (SSSR count). The number of hydrogen-bond donors (Lipinski definition) is 1. The third-order valence-corrected chi connectivity index (χ3v) is 3.70. The lowest BCUT2D eigenvalue weighted by Gasteiger charge is -2.19. The molecular formula is C17H13F4N3. The molecule has 0 aliphatic heterocycles. The number of fused-ring (bicyclic) bond motifs is 1. The maximum Gasteiger partial charge on any atom is 0.167 e. The fourth-order valence-electron chi connectivity index (χ4n) is 2.74. The van der Waals surface area contributed by atoms with E-state index in [0.717, 1.165) is 12.1 Å². The van der Waals surface area contributed by atoms with Crippen LogP contribution in [0.4, 0.5) is 28.9 Å². The van der Waals surface area contributed by atoms with Gasteiger partial charge in [0.2, 0.25) is 0 Å². The van der Waals surface area contributed by atoms with E-state index in [1.165, 1.54) is 12.3 Å². The number of pyridine rings is 1. The highest BCUT2D eigenvalue weighted by Gasteiger charge is 2.21. The Hall–Kier alpha value is -2.83. The molecule has 0 aliphatic carbocycles. The van der Waals surface area contributed by atoms with Crippen LogP contribution in [0.5, 0.6) is 0 Å². The molecule has 0 atom stereocenters. The third-order valence-electron chi connectivity index (χ3n) is 3.70. The van der Waals surface area contributed by atoms with Crippen LogP contribution in [0.2, 0.25) is 0 Å². The van der Waals surface area contributed by atoms with Gasteiger partial charge in [0.15, 0.2) is 11.6 Å². The van der Waals surface area contributed by atoms with Gasteiger partial charge < -0.3 is 10.6 Å². The number of nitrogens with zero attached hydrogens (tertiary/aromatic N) is 2. The highest BCUT2D eigenvalue weighted by Crippen LogP contribution is 2.38. The molecular weight excluding hydrogens is 322 g/mol. The smallest absolute Gasteiger partial charge is 0.167 e. The van der Waals surface area contributed by atoms with Crippen LogP contribution in [0, 0.1) is 23.3 Å². The predicted molar refractivity (Wildman–Crippen MR) is 85.8 cm³/mol. The first-order chi connectivity index (χ1) is 11.3. The van der Waals surface area contributed by atoms with Crippen molar-refractivity contribution in [1.29, 1.82) is 0 Å². The summed E-state index contributed by atoms with van der Waals surface area (Å²) in [5, 5.41) is 0.445. The molecule has 2 N–H and O–H groups in total. The number of halogens is 4. The van der Waals surface area contributed by atoms with Gasteiger partial charge in [0, 0.05) is 36.7 Å². The normalized spacial score (nSPS) is 11.1. The van der Waals surface area contributed by atoms with Crippen molar-refractivity contribution in [1.82, 2.24) is 4.98 Å². The molecule has 0 fully saturated rings. The largest absolute Gasteiger partial charge is 0.396 e. The Morgan fingerprint density at radius 1 is 1.00 bits per heavy atom. The summed E-state index contributed by atoms with van der Waals surface area (Å²) in [6.45, 7) is 0. The third kappa shape index (κ3) is 2.42. The molecule has 0 unspecified atom stereocenters. The van der Waals surface area contributed by atoms with E-state index in [2.05, 4.69) is 4.98 Å².